The smallest absolute Gasteiger partial charge is 0.147 e. The minimum absolute atomic E-state index is 0.117. The van der Waals surface area contributed by atoms with E-state index in [1.807, 2.05) is 0 Å². The van der Waals surface area contributed by atoms with Gasteiger partial charge in [-0.15, -0.1) is 0 Å². The second-order valence-corrected chi connectivity index (χ2v) is 13.2. The highest BCUT2D eigenvalue weighted by molar-refractivity contribution is 6.16. The molecule has 4 atom stereocenters. The van der Waals surface area contributed by atoms with Crippen LogP contribution < -0.4 is 15.1 Å². The topological polar surface area (TPSA) is 30.9 Å². The molecular weight excluding hydrogens is 585 g/mol. The van der Waals surface area contributed by atoms with Crippen LogP contribution in [0.2, 0.25) is 0 Å². The van der Waals surface area contributed by atoms with Gasteiger partial charge in [0, 0.05) is 45.8 Å². The van der Waals surface area contributed by atoms with Gasteiger partial charge in [0.25, 0.3) is 0 Å². The van der Waals surface area contributed by atoms with Crippen molar-refractivity contribution in [1.82, 2.24) is 0 Å². The number of fused-ring (bicyclic) bond motifs is 7. The second-order valence-electron chi connectivity index (χ2n) is 13.2. The predicted molar refractivity (Wildman–Crippen MR) is 197 cm³/mol. The summed E-state index contributed by atoms with van der Waals surface area (Å²) in [5.41, 5.74) is 13.9. The molecule has 5 aliphatic rings. The number of amidine groups is 1. The lowest BCUT2D eigenvalue weighted by molar-refractivity contribution is 0.731. The molecule has 1 N–H and O–H groups in total. The molecule has 2 aliphatic carbocycles. The Morgan fingerprint density at radius 3 is 2.23 bits per heavy atom. The van der Waals surface area contributed by atoms with Crippen LogP contribution in [0.4, 0.5) is 22.7 Å². The number of nitrogens with zero attached hydrogens (tertiary/aromatic N) is 3. The molecule has 3 heterocycles. The minimum Gasteiger partial charge on any atom is -0.359 e. The van der Waals surface area contributed by atoms with Crippen LogP contribution in [0.1, 0.15) is 46.7 Å². The van der Waals surface area contributed by atoms with E-state index in [0.29, 0.717) is 5.92 Å². The molecule has 4 nitrogen and oxygen atoms in total. The standard InChI is InChI=1S/C44H34N4/c1-3-13-29(14-4-1)43-45-38-20-10-7-19-36(38)44(46-43)48-40-22-12-8-17-33(40)35-25-23-31(28-42(35)48)30-24-26-41-37(27-30)34-18-9-11-21-39(34)47(41)32-15-5-2-6-16-32/h1-26,28,35,37,42-43,45H,27H2. The molecule has 230 valence electrons. The molecule has 4 heteroatoms. The monoisotopic (exact) mass is 618 g/mol. The predicted octanol–water partition coefficient (Wildman–Crippen LogP) is 10.2. The number of allylic oxidation sites excluding steroid dienone is 6. The normalized spacial score (nSPS) is 23.0. The van der Waals surface area contributed by atoms with Gasteiger partial charge in [-0.1, -0.05) is 121 Å². The Morgan fingerprint density at radius 2 is 1.38 bits per heavy atom. The Bertz CT molecular complexity index is 2220. The molecule has 0 aromatic heterocycles. The van der Waals surface area contributed by atoms with Crippen LogP contribution in [0, 0.1) is 0 Å². The van der Waals surface area contributed by atoms with Crippen LogP contribution in [-0.4, -0.2) is 11.9 Å². The van der Waals surface area contributed by atoms with Gasteiger partial charge >= 0.3 is 0 Å². The molecule has 10 rings (SSSR count). The van der Waals surface area contributed by atoms with Crippen LogP contribution in [0.5, 0.6) is 0 Å². The highest BCUT2D eigenvalue weighted by Crippen LogP contribution is 2.53. The Morgan fingerprint density at radius 1 is 0.667 bits per heavy atom. The first-order valence-electron chi connectivity index (χ1n) is 16.9. The van der Waals surface area contributed by atoms with E-state index < -0.39 is 0 Å². The fourth-order valence-electron chi connectivity index (χ4n) is 8.36. The Labute approximate surface area is 281 Å². The molecule has 5 aromatic carbocycles. The number of benzene rings is 5. The Kier molecular flexibility index (Phi) is 6.16. The lowest BCUT2D eigenvalue weighted by Gasteiger charge is -2.35. The summed E-state index contributed by atoms with van der Waals surface area (Å²) in [4.78, 5) is 10.4. The van der Waals surface area contributed by atoms with Crippen molar-refractivity contribution in [1.29, 1.82) is 0 Å². The van der Waals surface area contributed by atoms with Gasteiger partial charge in [0.2, 0.25) is 0 Å². The second kappa shape index (κ2) is 10.9. The Hall–Kier alpha value is -5.87. The lowest BCUT2D eigenvalue weighted by Crippen LogP contribution is -2.41. The molecule has 0 saturated carbocycles. The number of anilines is 4. The highest BCUT2D eigenvalue weighted by Gasteiger charge is 2.43. The summed E-state index contributed by atoms with van der Waals surface area (Å²) in [7, 11) is 0. The van der Waals surface area contributed by atoms with Crippen LogP contribution >= 0.6 is 0 Å². The third-order valence-corrected chi connectivity index (χ3v) is 10.5. The van der Waals surface area contributed by atoms with Crippen molar-refractivity contribution in [3.8, 4) is 0 Å². The van der Waals surface area contributed by atoms with Gasteiger partial charge in [-0.25, -0.2) is 4.99 Å². The minimum atomic E-state index is -0.162. The largest absolute Gasteiger partial charge is 0.359 e. The van der Waals surface area contributed by atoms with E-state index in [4.69, 9.17) is 4.99 Å². The SMILES string of the molecule is C1=CC2c3ccccc3N(C3=NC(c4ccccc4)Nc4ccccc43)C2C=C1C1=CC=C2C(C1)c1ccccc1N2c1ccccc1. The molecule has 4 unspecified atom stereocenters. The van der Waals surface area contributed by atoms with E-state index in [0.717, 1.165) is 29.1 Å². The van der Waals surface area contributed by atoms with E-state index >= 15 is 0 Å². The van der Waals surface area contributed by atoms with Crippen LogP contribution in [-0.2, 0) is 0 Å². The van der Waals surface area contributed by atoms with Crippen molar-refractivity contribution in [2.45, 2.75) is 30.5 Å². The first-order valence-corrected chi connectivity index (χ1v) is 16.9. The molecule has 48 heavy (non-hydrogen) atoms. The van der Waals surface area contributed by atoms with Crippen LogP contribution in [0.3, 0.4) is 0 Å². The zero-order valence-electron chi connectivity index (χ0n) is 26.4. The van der Waals surface area contributed by atoms with Gasteiger partial charge in [-0.05, 0) is 76.7 Å². The lowest BCUT2D eigenvalue weighted by atomic mass is 9.81. The van der Waals surface area contributed by atoms with E-state index in [2.05, 4.69) is 179 Å². The Balaban J connectivity index is 1.07. The van der Waals surface area contributed by atoms with Gasteiger partial charge < -0.3 is 15.1 Å². The van der Waals surface area contributed by atoms with Gasteiger partial charge in [-0.3, -0.25) is 0 Å². The van der Waals surface area contributed by atoms with E-state index in [9.17, 15) is 0 Å². The summed E-state index contributed by atoms with van der Waals surface area (Å²) in [6.45, 7) is 0. The van der Waals surface area contributed by atoms with E-state index in [-0.39, 0.29) is 18.1 Å². The highest BCUT2D eigenvalue weighted by atomic mass is 15.3. The van der Waals surface area contributed by atoms with Gasteiger partial charge in [0.1, 0.15) is 12.0 Å². The fourth-order valence-corrected chi connectivity index (χ4v) is 8.36. The average Bonchev–Trinajstić information content (AvgIpc) is 3.67. The molecule has 0 radical (unpaired) electrons. The van der Waals surface area contributed by atoms with Gasteiger partial charge in [0.15, 0.2) is 0 Å². The molecule has 3 aliphatic heterocycles. The van der Waals surface area contributed by atoms with E-state index in [1.165, 1.54) is 45.0 Å². The average molecular weight is 619 g/mol. The van der Waals surface area contributed by atoms with Gasteiger partial charge in [0.05, 0.1) is 6.04 Å². The number of para-hydroxylation sites is 4. The number of hydrogen-bond acceptors (Lipinski definition) is 4. The summed E-state index contributed by atoms with van der Waals surface area (Å²) >= 11 is 0. The molecule has 0 amide bonds. The van der Waals surface area contributed by atoms with Crippen molar-refractivity contribution in [2.24, 2.45) is 4.99 Å². The maximum atomic E-state index is 5.46. The molecule has 5 aromatic rings. The van der Waals surface area contributed by atoms with Gasteiger partial charge in [-0.2, -0.15) is 0 Å². The zero-order valence-corrected chi connectivity index (χ0v) is 26.4. The molecular formula is C44H34N4. The molecule has 0 spiro atoms. The molecule has 0 bridgehead atoms. The van der Waals surface area contributed by atoms with Crippen LogP contribution in [0.25, 0.3) is 0 Å². The third-order valence-electron chi connectivity index (χ3n) is 10.5. The third kappa shape index (κ3) is 4.19. The first-order chi connectivity index (χ1) is 23.8. The van der Waals surface area contributed by atoms with Crippen molar-refractivity contribution in [2.75, 3.05) is 15.1 Å². The quantitative estimate of drug-likeness (QED) is 0.218. The summed E-state index contributed by atoms with van der Waals surface area (Å²) in [5.74, 6) is 1.59. The van der Waals surface area contributed by atoms with Crippen molar-refractivity contribution >= 4 is 28.6 Å². The fraction of sp³-hybridized carbons (Fsp3) is 0.114. The molecule has 0 fully saturated rings. The number of nitrogens with one attached hydrogen (secondary N) is 1. The van der Waals surface area contributed by atoms with Crippen LogP contribution in [0.15, 0.2) is 186 Å². The number of rotatable bonds is 3. The summed E-state index contributed by atoms with van der Waals surface area (Å²) in [5, 5.41) is 3.70. The van der Waals surface area contributed by atoms with Crippen molar-refractivity contribution in [3.63, 3.8) is 0 Å². The van der Waals surface area contributed by atoms with Crippen molar-refractivity contribution < 1.29 is 0 Å². The number of hydrogen-bond donors (Lipinski definition) is 1. The first kappa shape index (κ1) is 27.3. The summed E-state index contributed by atoms with van der Waals surface area (Å²) in [6, 6.07) is 47.9. The zero-order chi connectivity index (χ0) is 31.6. The van der Waals surface area contributed by atoms with Crippen molar-refractivity contribution in [3.05, 3.63) is 203 Å². The summed E-state index contributed by atoms with van der Waals surface area (Å²) in [6.07, 6.45) is 12.8. The number of aliphatic imine (C=N–C) groups is 1. The maximum absolute atomic E-state index is 5.46. The van der Waals surface area contributed by atoms with E-state index in [1.54, 1.807) is 0 Å². The summed E-state index contributed by atoms with van der Waals surface area (Å²) < 4.78 is 0. The molecule has 0 saturated heterocycles. The maximum Gasteiger partial charge on any atom is 0.147 e.